The summed E-state index contributed by atoms with van der Waals surface area (Å²) in [5.74, 6) is -1.12. The molecule has 1 aromatic rings. The van der Waals surface area contributed by atoms with Crippen molar-refractivity contribution in [2.75, 3.05) is 13.6 Å². The molecule has 0 aliphatic carbocycles. The Balaban J connectivity index is 2.01. The van der Waals surface area contributed by atoms with Crippen LogP contribution < -0.4 is 10.5 Å². The number of amides is 2. The molecule has 1 atom stereocenters. The summed E-state index contributed by atoms with van der Waals surface area (Å²) in [7, 11) is -2.76. The number of likely N-dealkylation sites (N-methyl/N-ethyl adjacent to an activating group) is 1. The second-order valence-corrected chi connectivity index (χ2v) is 6.12. The van der Waals surface area contributed by atoms with E-state index >= 15 is 0 Å². The second-order valence-electron chi connectivity index (χ2n) is 4.75. The van der Waals surface area contributed by atoms with Crippen LogP contribution in [0.25, 0.3) is 0 Å². The van der Waals surface area contributed by atoms with Crippen molar-refractivity contribution in [2.24, 2.45) is 5.14 Å². The maximum Gasteiger partial charge on any atom is 0.315 e. The minimum Gasteiger partial charge on any atom is -0.343 e. The van der Waals surface area contributed by atoms with Gasteiger partial charge in [-0.2, -0.15) is 12.8 Å². The molecule has 1 unspecified atom stereocenters. The predicted octanol–water partition coefficient (Wildman–Crippen LogP) is -1.39. The Hall–Kier alpha value is -1.97. The molecule has 21 heavy (non-hydrogen) atoms. The van der Waals surface area contributed by atoms with Crippen LogP contribution in [-0.2, 0) is 26.2 Å². The fourth-order valence-corrected chi connectivity index (χ4v) is 3.01. The Morgan fingerprint density at radius 2 is 2.00 bits per heavy atom. The Labute approximate surface area is 122 Å². The third-order valence-corrected chi connectivity index (χ3v) is 3.97. The number of carbonyl (C=O) groups is 2. The molecule has 1 aliphatic heterocycles. The van der Waals surface area contributed by atoms with Crippen LogP contribution in [0.4, 0.5) is 0 Å². The van der Waals surface area contributed by atoms with Gasteiger partial charge in [-0.3, -0.25) is 9.59 Å². The van der Waals surface area contributed by atoms with Crippen molar-refractivity contribution >= 4 is 22.0 Å². The van der Waals surface area contributed by atoms with E-state index in [0.717, 1.165) is 10.6 Å². The first-order valence-electron chi connectivity index (χ1n) is 6.20. The highest BCUT2D eigenvalue weighted by molar-refractivity contribution is 7.87. The van der Waals surface area contributed by atoms with E-state index in [-0.39, 0.29) is 18.9 Å². The summed E-state index contributed by atoms with van der Waals surface area (Å²) in [5.41, 5.74) is 0.803. The van der Waals surface area contributed by atoms with Crippen LogP contribution >= 0.6 is 0 Å². The topological polar surface area (TPSA) is 113 Å². The third kappa shape index (κ3) is 3.57. The number of benzene rings is 1. The lowest BCUT2D eigenvalue weighted by atomic mass is 10.1. The van der Waals surface area contributed by atoms with Gasteiger partial charge in [-0.25, -0.2) is 10.1 Å². The zero-order valence-corrected chi connectivity index (χ0v) is 12.2. The van der Waals surface area contributed by atoms with E-state index in [9.17, 15) is 18.0 Å². The van der Waals surface area contributed by atoms with Crippen LogP contribution in [-0.4, -0.2) is 49.3 Å². The van der Waals surface area contributed by atoms with Gasteiger partial charge >= 0.3 is 10.2 Å². The summed E-state index contributed by atoms with van der Waals surface area (Å²) in [6, 6.07) is 8.10. The van der Waals surface area contributed by atoms with Gasteiger partial charge in [0, 0.05) is 13.6 Å². The number of carbonyl (C=O) groups excluding carboxylic acids is 2. The molecule has 0 bridgehead atoms. The van der Waals surface area contributed by atoms with Gasteiger partial charge in [-0.1, -0.05) is 30.3 Å². The highest BCUT2D eigenvalue weighted by atomic mass is 32.2. The molecular formula is C12H16N4O4S. The molecule has 1 fully saturated rings. The summed E-state index contributed by atoms with van der Waals surface area (Å²) in [4.78, 5) is 23.9. The van der Waals surface area contributed by atoms with Crippen molar-refractivity contribution in [1.82, 2.24) is 14.7 Å². The van der Waals surface area contributed by atoms with Crippen molar-refractivity contribution in [3.05, 3.63) is 35.9 Å². The molecule has 1 aromatic carbocycles. The van der Waals surface area contributed by atoms with E-state index in [1.54, 1.807) is 24.3 Å². The summed E-state index contributed by atoms with van der Waals surface area (Å²) in [5, 5.41) is 8.64. The molecule has 0 aromatic heterocycles. The van der Waals surface area contributed by atoms with E-state index in [0.29, 0.717) is 4.41 Å². The van der Waals surface area contributed by atoms with Crippen LogP contribution in [0.2, 0.25) is 0 Å². The summed E-state index contributed by atoms with van der Waals surface area (Å²) < 4.78 is 23.1. The summed E-state index contributed by atoms with van der Waals surface area (Å²) in [6.45, 7) is 0.0514. The molecule has 8 nitrogen and oxygen atoms in total. The molecule has 2 rings (SSSR count). The number of hydrazine groups is 1. The zero-order valence-electron chi connectivity index (χ0n) is 11.4. The second kappa shape index (κ2) is 5.80. The lowest BCUT2D eigenvalue weighted by Gasteiger charge is -2.19. The molecule has 1 heterocycles. The number of rotatable bonds is 4. The molecule has 0 radical (unpaired) electrons. The van der Waals surface area contributed by atoms with Crippen LogP contribution in [0.15, 0.2) is 30.3 Å². The van der Waals surface area contributed by atoms with Crippen molar-refractivity contribution in [1.29, 1.82) is 0 Å². The van der Waals surface area contributed by atoms with Crippen molar-refractivity contribution in [2.45, 2.75) is 12.5 Å². The third-order valence-electron chi connectivity index (χ3n) is 3.03. The molecule has 0 spiro atoms. The maximum absolute atomic E-state index is 12.0. The SMILES string of the molecule is CN1CC(NC(=O)Cc2ccccc2)C(=O)N1S(N)(=O)=O. The Morgan fingerprint density at radius 3 is 2.52 bits per heavy atom. The fourth-order valence-electron chi connectivity index (χ4n) is 2.17. The van der Waals surface area contributed by atoms with Gasteiger partial charge in [-0.05, 0) is 5.56 Å². The van der Waals surface area contributed by atoms with Gasteiger partial charge in [0.05, 0.1) is 6.42 Å². The molecule has 2 amide bonds. The standard InChI is InChI=1S/C12H16N4O4S/c1-15-8-10(12(18)16(15)21(13,19)20)14-11(17)7-9-5-3-2-4-6-9/h2-6,10H,7-8H2,1H3,(H,14,17)(H2,13,19,20). The van der Waals surface area contributed by atoms with Gasteiger partial charge in [0.25, 0.3) is 5.91 Å². The van der Waals surface area contributed by atoms with Gasteiger partial charge < -0.3 is 5.32 Å². The average molecular weight is 312 g/mol. The van der Waals surface area contributed by atoms with Crippen molar-refractivity contribution in [3.63, 3.8) is 0 Å². The molecule has 1 aliphatic rings. The quantitative estimate of drug-likeness (QED) is 0.710. The lowest BCUT2D eigenvalue weighted by molar-refractivity contribution is -0.132. The first-order chi connectivity index (χ1) is 9.79. The Bertz CT molecular complexity index is 646. The van der Waals surface area contributed by atoms with E-state index in [4.69, 9.17) is 5.14 Å². The fraction of sp³-hybridized carbons (Fsp3) is 0.333. The number of nitrogens with zero attached hydrogens (tertiary/aromatic N) is 2. The molecule has 0 saturated carbocycles. The molecule has 3 N–H and O–H groups in total. The van der Waals surface area contributed by atoms with E-state index in [1.807, 2.05) is 6.07 Å². The highest BCUT2D eigenvalue weighted by Crippen LogP contribution is 2.13. The summed E-state index contributed by atoms with van der Waals surface area (Å²) in [6.07, 6.45) is 0.115. The average Bonchev–Trinajstić information content (AvgIpc) is 2.64. The minimum atomic E-state index is -4.17. The highest BCUT2D eigenvalue weighted by Gasteiger charge is 2.42. The molecule has 114 valence electrons. The zero-order chi connectivity index (χ0) is 15.6. The normalized spacial score (nSPS) is 19.8. The van der Waals surface area contributed by atoms with E-state index < -0.39 is 22.2 Å². The Morgan fingerprint density at radius 1 is 1.38 bits per heavy atom. The number of hydrogen-bond acceptors (Lipinski definition) is 5. The predicted molar refractivity (Wildman–Crippen MR) is 74.7 cm³/mol. The first kappa shape index (κ1) is 15.4. The number of nitrogens with two attached hydrogens (primary N) is 1. The van der Waals surface area contributed by atoms with Gasteiger partial charge in [-0.15, -0.1) is 0 Å². The van der Waals surface area contributed by atoms with Crippen LogP contribution in [0.5, 0.6) is 0 Å². The monoisotopic (exact) mass is 312 g/mol. The lowest BCUT2D eigenvalue weighted by Crippen LogP contribution is -2.47. The molecule has 9 heteroatoms. The van der Waals surface area contributed by atoms with Gasteiger partial charge in [0.1, 0.15) is 6.04 Å². The van der Waals surface area contributed by atoms with Gasteiger partial charge in [0.2, 0.25) is 5.91 Å². The van der Waals surface area contributed by atoms with Crippen LogP contribution in [0.1, 0.15) is 5.56 Å². The van der Waals surface area contributed by atoms with Crippen LogP contribution in [0.3, 0.4) is 0 Å². The largest absolute Gasteiger partial charge is 0.343 e. The van der Waals surface area contributed by atoms with E-state index in [1.165, 1.54) is 7.05 Å². The van der Waals surface area contributed by atoms with Crippen molar-refractivity contribution in [3.8, 4) is 0 Å². The first-order valence-corrected chi connectivity index (χ1v) is 7.70. The van der Waals surface area contributed by atoms with E-state index in [2.05, 4.69) is 5.32 Å². The number of nitrogens with one attached hydrogen (secondary N) is 1. The summed E-state index contributed by atoms with van der Waals surface area (Å²) >= 11 is 0. The Kier molecular flexibility index (Phi) is 4.26. The number of hydrogen-bond donors (Lipinski definition) is 2. The minimum absolute atomic E-state index is 0.0514. The molecular weight excluding hydrogens is 296 g/mol. The molecule has 1 saturated heterocycles. The smallest absolute Gasteiger partial charge is 0.315 e. The maximum atomic E-state index is 12.0. The van der Waals surface area contributed by atoms with Crippen molar-refractivity contribution < 1.29 is 18.0 Å². The van der Waals surface area contributed by atoms with Gasteiger partial charge in [0.15, 0.2) is 0 Å². The van der Waals surface area contributed by atoms with Crippen LogP contribution in [0, 0.1) is 0 Å².